The van der Waals surface area contributed by atoms with Crippen LogP contribution in [0.3, 0.4) is 0 Å². The van der Waals surface area contributed by atoms with Crippen LogP contribution in [0.2, 0.25) is 0 Å². The summed E-state index contributed by atoms with van der Waals surface area (Å²) in [6.45, 7) is 1.86. The second-order valence-electron chi connectivity index (χ2n) is 5.26. The van der Waals surface area contributed by atoms with Crippen LogP contribution in [0.15, 0.2) is 61.6 Å². The van der Waals surface area contributed by atoms with Crippen LogP contribution in [0, 0.1) is 6.92 Å². The Hall–Kier alpha value is -3.00. The van der Waals surface area contributed by atoms with E-state index in [1.807, 2.05) is 13.0 Å². The van der Waals surface area contributed by atoms with Crippen molar-refractivity contribution in [2.24, 2.45) is 4.99 Å². The predicted molar refractivity (Wildman–Crippen MR) is 98.3 cm³/mol. The third-order valence-electron chi connectivity index (χ3n) is 3.42. The second kappa shape index (κ2) is 6.86. The maximum Gasteiger partial charge on any atom is 0.335 e. The molecule has 0 unspecified atom stereocenters. The number of pyridine rings is 1. The number of aryl methyl sites for hydroxylation is 1. The number of rotatable bonds is 3. The zero-order valence-corrected chi connectivity index (χ0v) is 14.7. The molecule has 0 aliphatic heterocycles. The van der Waals surface area contributed by atoms with Crippen molar-refractivity contribution in [1.29, 1.82) is 0 Å². The van der Waals surface area contributed by atoms with Gasteiger partial charge < -0.3 is 5.11 Å². The lowest BCUT2D eigenvalue weighted by atomic mass is 10.2. The first-order chi connectivity index (χ1) is 12.0. The summed E-state index contributed by atoms with van der Waals surface area (Å²) in [7, 11) is 0. The van der Waals surface area contributed by atoms with Gasteiger partial charge in [0, 0.05) is 16.9 Å². The summed E-state index contributed by atoms with van der Waals surface area (Å²) in [5.74, 6) is -0.129. The summed E-state index contributed by atoms with van der Waals surface area (Å²) in [4.78, 5) is 34.5. The van der Waals surface area contributed by atoms with Gasteiger partial charge in [0.15, 0.2) is 5.82 Å². The molecule has 0 spiro atoms. The molecule has 0 bridgehead atoms. The van der Waals surface area contributed by atoms with Gasteiger partial charge in [-0.25, -0.2) is 19.3 Å². The quantitative estimate of drug-likeness (QED) is 0.659. The summed E-state index contributed by atoms with van der Waals surface area (Å²) >= 11 is 3.27. The molecule has 7 nitrogen and oxygen atoms in total. The van der Waals surface area contributed by atoms with Crippen molar-refractivity contribution < 1.29 is 5.11 Å². The third-order valence-corrected chi connectivity index (χ3v) is 3.89. The number of aromatic hydroxyl groups is 1. The molecule has 2 aromatic heterocycles. The molecule has 3 aromatic rings. The van der Waals surface area contributed by atoms with Crippen LogP contribution in [0.5, 0.6) is 5.88 Å². The Morgan fingerprint density at radius 3 is 2.76 bits per heavy atom. The van der Waals surface area contributed by atoms with Crippen LogP contribution >= 0.6 is 15.9 Å². The van der Waals surface area contributed by atoms with Gasteiger partial charge in [0.2, 0.25) is 5.88 Å². The van der Waals surface area contributed by atoms with Crippen LogP contribution in [-0.2, 0) is 0 Å². The molecule has 0 amide bonds. The number of nitrogens with one attached hydrogen (secondary N) is 1. The first-order valence-corrected chi connectivity index (χ1v) is 8.06. The Bertz CT molecular complexity index is 1070. The number of H-pyrrole nitrogens is 1. The van der Waals surface area contributed by atoms with E-state index < -0.39 is 17.1 Å². The standard InChI is InChI=1S/C17H13BrN4O3/c1-10-3-2-4-12(7-10)22-16(24)13(15(23)21-17(22)25)9-20-14-6-5-11(18)8-19-14/h2-9,24H,1H3,(H,21,23,25). The minimum atomic E-state index is -0.730. The molecule has 0 saturated carbocycles. The topological polar surface area (TPSA) is 100 Å². The van der Waals surface area contributed by atoms with Gasteiger partial charge in [-0.1, -0.05) is 12.1 Å². The summed E-state index contributed by atoms with van der Waals surface area (Å²) < 4.78 is 1.81. The molecule has 2 heterocycles. The SMILES string of the molecule is Cc1cccc(-n2c(O)c(C=Nc3ccc(Br)cn3)c(=O)[nH]c2=O)c1. The molecule has 8 heteroatoms. The number of hydrogen-bond acceptors (Lipinski definition) is 5. The fourth-order valence-electron chi connectivity index (χ4n) is 2.24. The van der Waals surface area contributed by atoms with Gasteiger partial charge in [-0.3, -0.25) is 9.78 Å². The first kappa shape index (κ1) is 16.8. The number of aromatic amines is 1. The molecular weight excluding hydrogens is 388 g/mol. The highest BCUT2D eigenvalue weighted by Gasteiger charge is 2.14. The Labute approximate surface area is 150 Å². The van der Waals surface area contributed by atoms with E-state index in [4.69, 9.17) is 0 Å². The Morgan fingerprint density at radius 2 is 2.08 bits per heavy atom. The zero-order valence-electron chi connectivity index (χ0n) is 13.1. The van der Waals surface area contributed by atoms with Crippen molar-refractivity contribution in [3.63, 3.8) is 0 Å². The fraction of sp³-hybridized carbons (Fsp3) is 0.0588. The Morgan fingerprint density at radius 1 is 1.28 bits per heavy atom. The lowest BCUT2D eigenvalue weighted by Crippen LogP contribution is -2.31. The van der Waals surface area contributed by atoms with Crippen molar-refractivity contribution in [2.75, 3.05) is 0 Å². The summed E-state index contributed by atoms with van der Waals surface area (Å²) in [5, 5.41) is 10.4. The molecule has 0 radical (unpaired) electrons. The number of aliphatic imine (C=N–C) groups is 1. The summed E-state index contributed by atoms with van der Waals surface area (Å²) in [6, 6.07) is 10.4. The maximum atomic E-state index is 12.1. The predicted octanol–water partition coefficient (Wildman–Crippen LogP) is 2.45. The molecule has 0 saturated heterocycles. The highest BCUT2D eigenvalue weighted by molar-refractivity contribution is 9.10. The van der Waals surface area contributed by atoms with E-state index in [2.05, 4.69) is 30.9 Å². The van der Waals surface area contributed by atoms with Gasteiger partial charge in [-0.05, 0) is 52.7 Å². The molecule has 0 atom stereocenters. The fourth-order valence-corrected chi connectivity index (χ4v) is 2.47. The van der Waals surface area contributed by atoms with Crippen molar-refractivity contribution in [2.45, 2.75) is 6.92 Å². The van der Waals surface area contributed by atoms with Gasteiger partial charge in [0.05, 0.1) is 5.69 Å². The highest BCUT2D eigenvalue weighted by Crippen LogP contribution is 2.17. The average Bonchev–Trinajstić information content (AvgIpc) is 2.56. The average molecular weight is 401 g/mol. The lowest BCUT2D eigenvalue weighted by Gasteiger charge is -2.10. The van der Waals surface area contributed by atoms with E-state index >= 15 is 0 Å². The molecule has 0 fully saturated rings. The first-order valence-electron chi connectivity index (χ1n) is 7.26. The Kier molecular flexibility index (Phi) is 4.62. The minimum Gasteiger partial charge on any atom is -0.493 e. The third kappa shape index (κ3) is 3.58. The molecule has 3 rings (SSSR count). The van der Waals surface area contributed by atoms with Gasteiger partial charge >= 0.3 is 5.69 Å². The van der Waals surface area contributed by atoms with Crippen LogP contribution < -0.4 is 11.2 Å². The molecule has 2 N–H and O–H groups in total. The Balaban J connectivity index is 2.12. The number of nitrogens with zero attached hydrogens (tertiary/aromatic N) is 3. The second-order valence-corrected chi connectivity index (χ2v) is 6.18. The van der Waals surface area contributed by atoms with Crippen LogP contribution in [0.25, 0.3) is 5.69 Å². The number of halogens is 1. The number of benzene rings is 1. The van der Waals surface area contributed by atoms with Gasteiger partial charge in [0.25, 0.3) is 5.56 Å². The van der Waals surface area contributed by atoms with E-state index in [0.29, 0.717) is 11.5 Å². The molecule has 0 aliphatic carbocycles. The summed E-state index contributed by atoms with van der Waals surface area (Å²) in [6.07, 6.45) is 2.74. The van der Waals surface area contributed by atoms with Crippen molar-refractivity contribution in [3.8, 4) is 11.6 Å². The van der Waals surface area contributed by atoms with Crippen molar-refractivity contribution in [1.82, 2.24) is 14.5 Å². The van der Waals surface area contributed by atoms with E-state index in [0.717, 1.165) is 14.6 Å². The van der Waals surface area contributed by atoms with Crippen molar-refractivity contribution in [3.05, 3.63) is 79.0 Å². The molecule has 1 aromatic carbocycles. The zero-order chi connectivity index (χ0) is 18.0. The van der Waals surface area contributed by atoms with Gasteiger partial charge in [-0.2, -0.15) is 0 Å². The van der Waals surface area contributed by atoms with Crippen LogP contribution in [0.4, 0.5) is 5.82 Å². The van der Waals surface area contributed by atoms with E-state index in [1.54, 1.807) is 36.5 Å². The van der Waals surface area contributed by atoms with Crippen molar-refractivity contribution >= 4 is 28.0 Å². The van der Waals surface area contributed by atoms with Crippen LogP contribution in [-0.4, -0.2) is 25.9 Å². The number of hydrogen-bond donors (Lipinski definition) is 2. The maximum absolute atomic E-state index is 12.1. The minimum absolute atomic E-state index is 0.133. The van der Waals surface area contributed by atoms with Gasteiger partial charge in [0.1, 0.15) is 5.56 Å². The largest absolute Gasteiger partial charge is 0.493 e. The highest BCUT2D eigenvalue weighted by atomic mass is 79.9. The van der Waals surface area contributed by atoms with E-state index in [1.165, 1.54) is 6.21 Å². The molecule has 0 aliphatic rings. The number of aromatic nitrogens is 3. The lowest BCUT2D eigenvalue weighted by molar-refractivity contribution is 0.430. The molecule has 126 valence electrons. The van der Waals surface area contributed by atoms with E-state index in [9.17, 15) is 14.7 Å². The molecular formula is C17H13BrN4O3. The normalized spacial score (nSPS) is 11.1. The smallest absolute Gasteiger partial charge is 0.335 e. The molecule has 25 heavy (non-hydrogen) atoms. The van der Waals surface area contributed by atoms with E-state index in [-0.39, 0.29) is 5.56 Å². The monoisotopic (exact) mass is 400 g/mol. The summed E-state index contributed by atoms with van der Waals surface area (Å²) in [5.41, 5.74) is -0.246. The van der Waals surface area contributed by atoms with Crippen LogP contribution in [0.1, 0.15) is 11.1 Å². The van der Waals surface area contributed by atoms with Gasteiger partial charge in [-0.15, -0.1) is 0 Å².